The van der Waals surface area contributed by atoms with Crippen molar-refractivity contribution in [3.05, 3.63) is 0 Å². The summed E-state index contributed by atoms with van der Waals surface area (Å²) in [5, 5.41) is 0. The Morgan fingerprint density at radius 3 is 2.33 bits per heavy atom. The molecule has 0 aromatic heterocycles. The highest BCUT2D eigenvalue weighted by Crippen LogP contribution is 2.30. The van der Waals surface area contributed by atoms with Crippen molar-refractivity contribution in [3.63, 3.8) is 0 Å². The van der Waals surface area contributed by atoms with Gasteiger partial charge in [0.2, 0.25) is 0 Å². The average molecular weight is 254 g/mol. The molecule has 1 aliphatic heterocycles. The van der Waals surface area contributed by atoms with Crippen LogP contribution in [-0.4, -0.2) is 61.6 Å². The minimum atomic E-state index is -0.0945. The normalized spacial score (nSPS) is 25.7. The average Bonchev–Trinajstić information content (AvgIpc) is 3.21. The van der Waals surface area contributed by atoms with Gasteiger partial charge in [-0.05, 0) is 25.7 Å². The molecule has 18 heavy (non-hydrogen) atoms. The molecule has 104 valence electrons. The van der Waals surface area contributed by atoms with E-state index in [0.717, 1.165) is 32.1 Å². The first-order valence-electron chi connectivity index (χ1n) is 7.16. The molecule has 1 saturated carbocycles. The highest BCUT2D eigenvalue weighted by Gasteiger charge is 2.30. The molecule has 1 heterocycles. The molecular formula is C14H26N2O2. The Morgan fingerprint density at radius 2 is 1.83 bits per heavy atom. The van der Waals surface area contributed by atoms with Crippen LogP contribution in [0.25, 0.3) is 0 Å². The first-order valence-corrected chi connectivity index (χ1v) is 7.16. The third-order valence-electron chi connectivity index (χ3n) is 4.49. The first-order chi connectivity index (χ1) is 8.61. The summed E-state index contributed by atoms with van der Waals surface area (Å²) in [6, 6.07) is 0.278. The smallest absolute Gasteiger partial charge is 0.309 e. The molecule has 0 spiro atoms. The molecule has 1 saturated heterocycles. The quantitative estimate of drug-likeness (QED) is 0.691. The second-order valence-corrected chi connectivity index (χ2v) is 5.83. The van der Waals surface area contributed by atoms with Crippen LogP contribution in [0.4, 0.5) is 0 Å². The van der Waals surface area contributed by atoms with E-state index < -0.39 is 0 Å². The third-order valence-corrected chi connectivity index (χ3v) is 4.49. The lowest BCUT2D eigenvalue weighted by molar-refractivity contribution is -0.147. The maximum absolute atomic E-state index is 11.6. The Balaban J connectivity index is 1.75. The molecule has 2 rings (SSSR count). The Kier molecular flexibility index (Phi) is 4.62. The number of nitrogens with zero attached hydrogens (tertiary/aromatic N) is 2. The molecule has 0 N–H and O–H groups in total. The van der Waals surface area contributed by atoms with Crippen LogP contribution >= 0.6 is 0 Å². The standard InChI is InChI=1S/C14H26N2O2/c1-11(14(17)18-3)12(2)16-8-6-15(7-9-16)10-13-4-5-13/h11-13H,4-10H2,1-3H3. The number of methoxy groups -OCH3 is 1. The predicted octanol–water partition coefficient (Wildman–Crippen LogP) is 1.21. The van der Waals surface area contributed by atoms with E-state index in [1.807, 2.05) is 6.92 Å². The molecule has 0 amide bonds. The number of hydrogen-bond donors (Lipinski definition) is 0. The Morgan fingerprint density at radius 1 is 1.22 bits per heavy atom. The summed E-state index contributed by atoms with van der Waals surface area (Å²) >= 11 is 0. The van der Waals surface area contributed by atoms with Crippen molar-refractivity contribution in [2.75, 3.05) is 39.8 Å². The van der Waals surface area contributed by atoms with E-state index >= 15 is 0 Å². The van der Waals surface area contributed by atoms with Crippen LogP contribution < -0.4 is 0 Å². The van der Waals surface area contributed by atoms with Crippen molar-refractivity contribution in [3.8, 4) is 0 Å². The summed E-state index contributed by atoms with van der Waals surface area (Å²) in [7, 11) is 1.47. The SMILES string of the molecule is COC(=O)C(C)C(C)N1CCN(CC2CC2)CC1. The van der Waals surface area contributed by atoms with Crippen LogP contribution in [0.2, 0.25) is 0 Å². The lowest BCUT2D eigenvalue weighted by atomic mass is 10.0. The van der Waals surface area contributed by atoms with Gasteiger partial charge in [-0.2, -0.15) is 0 Å². The van der Waals surface area contributed by atoms with Crippen LogP contribution in [0.1, 0.15) is 26.7 Å². The molecular weight excluding hydrogens is 228 g/mol. The summed E-state index contributed by atoms with van der Waals surface area (Å²) in [5.74, 6) is 0.843. The lowest BCUT2D eigenvalue weighted by Gasteiger charge is -2.39. The molecule has 2 atom stereocenters. The van der Waals surface area contributed by atoms with Gasteiger partial charge in [-0.1, -0.05) is 6.92 Å². The van der Waals surface area contributed by atoms with Gasteiger partial charge in [-0.25, -0.2) is 0 Å². The fourth-order valence-corrected chi connectivity index (χ4v) is 2.72. The van der Waals surface area contributed by atoms with E-state index in [1.54, 1.807) is 0 Å². The lowest BCUT2D eigenvalue weighted by Crippen LogP contribution is -2.52. The van der Waals surface area contributed by atoms with Crippen LogP contribution in [-0.2, 0) is 9.53 Å². The van der Waals surface area contributed by atoms with Crippen molar-refractivity contribution < 1.29 is 9.53 Å². The maximum atomic E-state index is 11.6. The molecule has 0 aromatic rings. The number of hydrogen-bond acceptors (Lipinski definition) is 4. The molecule has 4 heteroatoms. The summed E-state index contributed by atoms with van der Waals surface area (Å²) in [6.45, 7) is 9.84. The zero-order chi connectivity index (χ0) is 13.1. The van der Waals surface area contributed by atoms with Crippen LogP contribution in [0.3, 0.4) is 0 Å². The summed E-state index contributed by atoms with van der Waals surface area (Å²) < 4.78 is 4.83. The largest absolute Gasteiger partial charge is 0.469 e. The fraction of sp³-hybridized carbons (Fsp3) is 0.929. The van der Waals surface area contributed by atoms with Crippen LogP contribution in [0.15, 0.2) is 0 Å². The van der Waals surface area contributed by atoms with E-state index in [0.29, 0.717) is 0 Å². The summed E-state index contributed by atoms with van der Waals surface area (Å²) in [6.07, 6.45) is 2.85. The first kappa shape index (κ1) is 13.8. The Labute approximate surface area is 110 Å². The van der Waals surface area contributed by atoms with Gasteiger partial charge in [0.05, 0.1) is 13.0 Å². The maximum Gasteiger partial charge on any atom is 0.309 e. The second kappa shape index (κ2) is 6.02. The number of rotatable bonds is 5. The Hall–Kier alpha value is -0.610. The summed E-state index contributed by atoms with van der Waals surface area (Å²) in [4.78, 5) is 16.5. The van der Waals surface area contributed by atoms with Crippen molar-refractivity contribution in [2.24, 2.45) is 11.8 Å². The molecule has 0 aromatic carbocycles. The number of piperazine rings is 1. The molecule has 2 aliphatic rings. The monoisotopic (exact) mass is 254 g/mol. The van der Waals surface area contributed by atoms with E-state index in [4.69, 9.17) is 4.74 Å². The zero-order valence-electron chi connectivity index (χ0n) is 11.9. The van der Waals surface area contributed by atoms with Crippen molar-refractivity contribution in [1.29, 1.82) is 0 Å². The van der Waals surface area contributed by atoms with Gasteiger partial charge < -0.3 is 9.64 Å². The van der Waals surface area contributed by atoms with E-state index in [2.05, 4.69) is 16.7 Å². The van der Waals surface area contributed by atoms with E-state index in [-0.39, 0.29) is 17.9 Å². The highest BCUT2D eigenvalue weighted by molar-refractivity contribution is 5.72. The number of carbonyl (C=O) groups is 1. The van der Waals surface area contributed by atoms with E-state index in [1.165, 1.54) is 26.5 Å². The number of ether oxygens (including phenoxy) is 1. The number of esters is 1. The van der Waals surface area contributed by atoms with Gasteiger partial charge in [-0.3, -0.25) is 9.69 Å². The molecule has 0 radical (unpaired) electrons. The third kappa shape index (κ3) is 3.45. The topological polar surface area (TPSA) is 32.8 Å². The minimum Gasteiger partial charge on any atom is -0.469 e. The molecule has 4 nitrogen and oxygen atoms in total. The van der Waals surface area contributed by atoms with Gasteiger partial charge in [0.1, 0.15) is 0 Å². The van der Waals surface area contributed by atoms with Gasteiger partial charge in [0.15, 0.2) is 0 Å². The van der Waals surface area contributed by atoms with Crippen LogP contribution in [0, 0.1) is 11.8 Å². The van der Waals surface area contributed by atoms with Crippen molar-refractivity contribution >= 4 is 5.97 Å². The summed E-state index contributed by atoms with van der Waals surface area (Å²) in [5.41, 5.74) is 0. The minimum absolute atomic E-state index is 0.0371. The highest BCUT2D eigenvalue weighted by atomic mass is 16.5. The van der Waals surface area contributed by atoms with Gasteiger partial charge in [0, 0.05) is 38.8 Å². The fourth-order valence-electron chi connectivity index (χ4n) is 2.72. The van der Waals surface area contributed by atoms with Gasteiger partial charge >= 0.3 is 5.97 Å². The van der Waals surface area contributed by atoms with Crippen molar-refractivity contribution in [1.82, 2.24) is 9.80 Å². The molecule has 2 unspecified atom stereocenters. The molecule has 0 bridgehead atoms. The zero-order valence-corrected chi connectivity index (χ0v) is 11.9. The van der Waals surface area contributed by atoms with E-state index in [9.17, 15) is 4.79 Å². The second-order valence-electron chi connectivity index (χ2n) is 5.83. The van der Waals surface area contributed by atoms with Crippen LogP contribution in [0.5, 0.6) is 0 Å². The molecule has 2 fully saturated rings. The van der Waals surface area contributed by atoms with Crippen molar-refractivity contribution in [2.45, 2.75) is 32.7 Å². The molecule has 1 aliphatic carbocycles. The predicted molar refractivity (Wildman–Crippen MR) is 71.4 cm³/mol. The number of carbonyl (C=O) groups excluding carboxylic acids is 1. The van der Waals surface area contributed by atoms with Gasteiger partial charge in [-0.15, -0.1) is 0 Å². The van der Waals surface area contributed by atoms with Gasteiger partial charge in [0.25, 0.3) is 0 Å². The Bertz CT molecular complexity index is 284.